The minimum absolute atomic E-state index is 0.0579. The SMILES string of the molecule is C=CCOC(C)CNc1ncccc1S(C)(=O)=O. The fraction of sp³-hybridized carbons (Fsp3) is 0.417. The van der Waals surface area contributed by atoms with Crippen molar-refractivity contribution in [1.29, 1.82) is 0 Å². The largest absolute Gasteiger partial charge is 0.373 e. The first-order valence-electron chi connectivity index (χ1n) is 5.56. The second-order valence-corrected chi connectivity index (χ2v) is 5.92. The van der Waals surface area contributed by atoms with Crippen LogP contribution in [0.5, 0.6) is 0 Å². The highest BCUT2D eigenvalue weighted by atomic mass is 32.2. The maximum absolute atomic E-state index is 11.5. The predicted octanol–water partition coefficient (Wildman–Crippen LogP) is 1.49. The van der Waals surface area contributed by atoms with E-state index in [9.17, 15) is 8.42 Å². The van der Waals surface area contributed by atoms with Gasteiger partial charge in [0.15, 0.2) is 9.84 Å². The highest BCUT2D eigenvalue weighted by Crippen LogP contribution is 2.17. The molecule has 1 aromatic heterocycles. The van der Waals surface area contributed by atoms with Crippen LogP contribution in [0, 0.1) is 0 Å². The lowest BCUT2D eigenvalue weighted by Gasteiger charge is -2.14. The molecule has 0 fully saturated rings. The molecule has 1 aromatic rings. The van der Waals surface area contributed by atoms with Gasteiger partial charge in [-0.15, -0.1) is 6.58 Å². The molecular formula is C12H18N2O3S. The van der Waals surface area contributed by atoms with Gasteiger partial charge >= 0.3 is 0 Å². The van der Waals surface area contributed by atoms with E-state index in [2.05, 4.69) is 16.9 Å². The molecule has 1 rings (SSSR count). The molecule has 0 aromatic carbocycles. The number of hydrogen-bond acceptors (Lipinski definition) is 5. The van der Waals surface area contributed by atoms with Crippen LogP contribution in [0.25, 0.3) is 0 Å². The second kappa shape index (κ2) is 6.51. The molecule has 0 bridgehead atoms. The third-order valence-corrected chi connectivity index (χ3v) is 3.35. The topological polar surface area (TPSA) is 68.3 Å². The maximum Gasteiger partial charge on any atom is 0.179 e. The van der Waals surface area contributed by atoms with Crippen molar-refractivity contribution in [2.24, 2.45) is 0 Å². The van der Waals surface area contributed by atoms with Gasteiger partial charge in [-0.25, -0.2) is 13.4 Å². The van der Waals surface area contributed by atoms with Gasteiger partial charge in [-0.2, -0.15) is 0 Å². The lowest BCUT2D eigenvalue weighted by atomic mass is 10.4. The number of pyridine rings is 1. The quantitative estimate of drug-likeness (QED) is 0.760. The third-order valence-electron chi connectivity index (χ3n) is 2.23. The molecule has 100 valence electrons. The summed E-state index contributed by atoms with van der Waals surface area (Å²) in [5, 5.41) is 2.98. The number of ether oxygens (including phenoxy) is 1. The second-order valence-electron chi connectivity index (χ2n) is 3.94. The molecule has 0 amide bonds. The number of nitrogens with one attached hydrogen (secondary N) is 1. The van der Waals surface area contributed by atoms with E-state index in [1.807, 2.05) is 6.92 Å². The Bertz CT molecular complexity index is 500. The van der Waals surface area contributed by atoms with Gasteiger partial charge in [0.25, 0.3) is 0 Å². The van der Waals surface area contributed by atoms with Crippen molar-refractivity contribution in [3.05, 3.63) is 31.0 Å². The predicted molar refractivity (Wildman–Crippen MR) is 71.4 cm³/mol. The van der Waals surface area contributed by atoms with Gasteiger partial charge in [-0.1, -0.05) is 6.08 Å². The zero-order valence-corrected chi connectivity index (χ0v) is 11.4. The Balaban J connectivity index is 2.71. The number of aromatic nitrogens is 1. The highest BCUT2D eigenvalue weighted by molar-refractivity contribution is 7.90. The Hall–Kier alpha value is -1.40. The molecule has 0 saturated carbocycles. The molecular weight excluding hydrogens is 252 g/mol. The van der Waals surface area contributed by atoms with Crippen molar-refractivity contribution < 1.29 is 13.2 Å². The van der Waals surface area contributed by atoms with E-state index in [1.54, 1.807) is 18.3 Å². The average molecular weight is 270 g/mol. The maximum atomic E-state index is 11.5. The van der Waals surface area contributed by atoms with Crippen molar-refractivity contribution in [3.8, 4) is 0 Å². The van der Waals surface area contributed by atoms with Gasteiger partial charge in [-0.3, -0.25) is 0 Å². The molecule has 0 spiro atoms. The van der Waals surface area contributed by atoms with Crippen molar-refractivity contribution in [2.75, 3.05) is 24.7 Å². The van der Waals surface area contributed by atoms with Crippen LogP contribution >= 0.6 is 0 Å². The fourth-order valence-corrected chi connectivity index (χ4v) is 2.16. The summed E-state index contributed by atoms with van der Waals surface area (Å²) < 4.78 is 28.5. The Morgan fingerprint density at radius 1 is 1.61 bits per heavy atom. The van der Waals surface area contributed by atoms with Crippen LogP contribution in [-0.4, -0.2) is 38.9 Å². The van der Waals surface area contributed by atoms with Crippen LogP contribution < -0.4 is 5.32 Å². The van der Waals surface area contributed by atoms with Gasteiger partial charge < -0.3 is 10.1 Å². The number of anilines is 1. The average Bonchev–Trinajstić information content (AvgIpc) is 2.33. The molecule has 0 saturated heterocycles. The summed E-state index contributed by atoms with van der Waals surface area (Å²) in [7, 11) is -3.28. The van der Waals surface area contributed by atoms with Crippen molar-refractivity contribution in [1.82, 2.24) is 4.98 Å². The smallest absolute Gasteiger partial charge is 0.179 e. The zero-order chi connectivity index (χ0) is 13.6. The summed E-state index contributed by atoms with van der Waals surface area (Å²) in [4.78, 5) is 4.23. The molecule has 0 aliphatic carbocycles. The first-order chi connectivity index (χ1) is 8.45. The van der Waals surface area contributed by atoms with E-state index in [4.69, 9.17) is 4.74 Å². The van der Waals surface area contributed by atoms with Crippen LogP contribution in [0.2, 0.25) is 0 Å². The minimum Gasteiger partial charge on any atom is -0.373 e. The Morgan fingerprint density at radius 3 is 2.94 bits per heavy atom. The molecule has 1 N–H and O–H groups in total. The highest BCUT2D eigenvalue weighted by Gasteiger charge is 2.14. The number of hydrogen-bond donors (Lipinski definition) is 1. The van der Waals surface area contributed by atoms with E-state index in [1.165, 1.54) is 6.07 Å². The first kappa shape index (κ1) is 14.7. The molecule has 0 aliphatic rings. The lowest BCUT2D eigenvalue weighted by molar-refractivity contribution is 0.0979. The van der Waals surface area contributed by atoms with E-state index in [0.717, 1.165) is 6.26 Å². The molecule has 1 atom stereocenters. The van der Waals surface area contributed by atoms with Crippen LogP contribution in [0.1, 0.15) is 6.92 Å². The zero-order valence-electron chi connectivity index (χ0n) is 10.6. The van der Waals surface area contributed by atoms with Gasteiger partial charge in [0.1, 0.15) is 10.7 Å². The van der Waals surface area contributed by atoms with Gasteiger partial charge in [0, 0.05) is 19.0 Å². The Kier molecular flexibility index (Phi) is 5.30. The lowest BCUT2D eigenvalue weighted by Crippen LogP contribution is -2.21. The summed E-state index contributed by atoms with van der Waals surface area (Å²) in [6.07, 6.45) is 4.32. The molecule has 6 heteroatoms. The minimum atomic E-state index is -3.28. The molecule has 1 unspecified atom stereocenters. The van der Waals surface area contributed by atoms with Crippen molar-refractivity contribution in [3.63, 3.8) is 0 Å². The fourth-order valence-electron chi connectivity index (χ4n) is 1.35. The molecule has 1 heterocycles. The molecule has 0 radical (unpaired) electrons. The number of rotatable bonds is 7. The van der Waals surface area contributed by atoms with Gasteiger partial charge in [0.2, 0.25) is 0 Å². The normalized spacial score (nSPS) is 13.0. The van der Waals surface area contributed by atoms with Crippen LogP contribution in [0.4, 0.5) is 5.82 Å². The first-order valence-corrected chi connectivity index (χ1v) is 7.45. The van der Waals surface area contributed by atoms with E-state index < -0.39 is 9.84 Å². The molecule has 5 nitrogen and oxygen atoms in total. The van der Waals surface area contributed by atoms with Crippen LogP contribution in [0.3, 0.4) is 0 Å². The van der Waals surface area contributed by atoms with Gasteiger partial charge in [-0.05, 0) is 19.1 Å². The summed E-state index contributed by atoms with van der Waals surface area (Å²) in [5.41, 5.74) is 0. The van der Waals surface area contributed by atoms with Crippen LogP contribution in [-0.2, 0) is 14.6 Å². The third kappa shape index (κ3) is 4.46. The molecule has 0 aliphatic heterocycles. The number of nitrogens with zero attached hydrogens (tertiary/aromatic N) is 1. The summed E-state index contributed by atoms with van der Waals surface area (Å²) >= 11 is 0. The number of sulfone groups is 1. The Labute approximate surface area is 108 Å². The van der Waals surface area contributed by atoms with Gasteiger partial charge in [0.05, 0.1) is 12.7 Å². The standard InChI is InChI=1S/C12H18N2O3S/c1-4-8-17-10(2)9-14-12-11(18(3,15)16)6-5-7-13-12/h4-7,10H,1,8-9H2,2-3H3,(H,13,14). The monoisotopic (exact) mass is 270 g/mol. The van der Waals surface area contributed by atoms with E-state index in [0.29, 0.717) is 19.0 Å². The van der Waals surface area contributed by atoms with Crippen LogP contribution in [0.15, 0.2) is 35.9 Å². The van der Waals surface area contributed by atoms with Crippen molar-refractivity contribution >= 4 is 15.7 Å². The Morgan fingerprint density at radius 2 is 2.33 bits per heavy atom. The van der Waals surface area contributed by atoms with E-state index in [-0.39, 0.29) is 11.0 Å². The van der Waals surface area contributed by atoms with E-state index >= 15 is 0 Å². The summed E-state index contributed by atoms with van der Waals surface area (Å²) in [5.74, 6) is 0.356. The summed E-state index contributed by atoms with van der Waals surface area (Å²) in [6, 6.07) is 3.12. The molecule has 18 heavy (non-hydrogen) atoms. The van der Waals surface area contributed by atoms with Crippen molar-refractivity contribution in [2.45, 2.75) is 17.9 Å². The summed E-state index contributed by atoms with van der Waals surface area (Å²) in [6.45, 7) is 6.39.